The Morgan fingerprint density at radius 3 is 1.89 bits per heavy atom. The summed E-state index contributed by atoms with van der Waals surface area (Å²) in [6.45, 7) is 0. The zero-order valence-electron chi connectivity index (χ0n) is 21.7. The molecule has 4 saturated carbocycles. The molecular weight excluding hydrogens is 510 g/mol. The minimum Gasteiger partial charge on any atom is -0.493 e. The van der Waals surface area contributed by atoms with Gasteiger partial charge in [0.25, 0.3) is 11.8 Å². The van der Waals surface area contributed by atoms with Gasteiger partial charge in [0.2, 0.25) is 11.7 Å². The van der Waals surface area contributed by atoms with E-state index in [-0.39, 0.29) is 22.4 Å². The van der Waals surface area contributed by atoms with Gasteiger partial charge in [-0.15, -0.1) is 0 Å². The van der Waals surface area contributed by atoms with Gasteiger partial charge in [0.1, 0.15) is 0 Å². The number of benzene rings is 2. The van der Waals surface area contributed by atoms with Crippen LogP contribution in [0.25, 0.3) is 0 Å². The van der Waals surface area contributed by atoms with Crippen LogP contribution in [0.5, 0.6) is 17.2 Å². The van der Waals surface area contributed by atoms with Crippen molar-refractivity contribution in [3.8, 4) is 17.2 Å². The van der Waals surface area contributed by atoms with Crippen molar-refractivity contribution in [2.75, 3.05) is 26.6 Å². The summed E-state index contributed by atoms with van der Waals surface area (Å²) in [4.78, 5) is 39.5. The molecule has 9 nitrogen and oxygen atoms in total. The molecule has 38 heavy (non-hydrogen) atoms. The molecule has 0 atom stereocenters. The molecule has 4 aliphatic carbocycles. The van der Waals surface area contributed by atoms with Crippen molar-refractivity contribution in [2.24, 2.45) is 23.2 Å². The van der Waals surface area contributed by atoms with Gasteiger partial charge in [0, 0.05) is 10.6 Å². The minimum atomic E-state index is -0.617. The van der Waals surface area contributed by atoms with Crippen molar-refractivity contribution in [3.63, 3.8) is 0 Å². The summed E-state index contributed by atoms with van der Waals surface area (Å²) in [5, 5.41) is 3.35. The number of halogens is 1. The van der Waals surface area contributed by atoms with Gasteiger partial charge in [0.05, 0.1) is 38.0 Å². The molecule has 10 heteroatoms. The van der Waals surface area contributed by atoms with Crippen molar-refractivity contribution in [2.45, 2.75) is 38.5 Å². The lowest BCUT2D eigenvalue weighted by molar-refractivity contribution is -0.140. The quantitative estimate of drug-likeness (QED) is 0.441. The van der Waals surface area contributed by atoms with Crippen LogP contribution in [0.15, 0.2) is 30.3 Å². The molecular formula is C28H32ClN3O6. The highest BCUT2D eigenvalue weighted by Crippen LogP contribution is 2.60. The average Bonchev–Trinajstić information content (AvgIpc) is 2.90. The zero-order chi connectivity index (χ0) is 27.0. The molecule has 4 fully saturated rings. The van der Waals surface area contributed by atoms with Crippen LogP contribution in [0.1, 0.15) is 59.2 Å². The second-order valence-electron chi connectivity index (χ2n) is 10.7. The van der Waals surface area contributed by atoms with Gasteiger partial charge in [-0.2, -0.15) is 0 Å². The number of methoxy groups -OCH3 is 3. The largest absolute Gasteiger partial charge is 0.493 e. The van der Waals surface area contributed by atoms with Crippen molar-refractivity contribution in [1.82, 2.24) is 10.9 Å². The normalized spacial score (nSPS) is 24.9. The smallest absolute Gasteiger partial charge is 0.271 e. The fraction of sp³-hybridized carbons (Fsp3) is 0.464. The van der Waals surface area contributed by atoms with Crippen LogP contribution in [0.2, 0.25) is 5.02 Å². The van der Waals surface area contributed by atoms with Gasteiger partial charge in [-0.3, -0.25) is 25.2 Å². The van der Waals surface area contributed by atoms with E-state index >= 15 is 0 Å². The lowest BCUT2D eigenvalue weighted by Crippen LogP contribution is -2.52. The fourth-order valence-corrected chi connectivity index (χ4v) is 7.09. The van der Waals surface area contributed by atoms with E-state index < -0.39 is 11.8 Å². The van der Waals surface area contributed by atoms with Crippen LogP contribution in [0.4, 0.5) is 5.69 Å². The van der Waals surface area contributed by atoms with Crippen LogP contribution in [0, 0.1) is 23.2 Å². The second-order valence-corrected chi connectivity index (χ2v) is 11.1. The Hall–Kier alpha value is -3.46. The summed E-state index contributed by atoms with van der Waals surface area (Å²) in [5.41, 5.74) is 5.13. The molecule has 202 valence electrons. The molecule has 0 heterocycles. The highest BCUT2D eigenvalue weighted by molar-refractivity contribution is 6.31. The van der Waals surface area contributed by atoms with Crippen LogP contribution in [-0.4, -0.2) is 39.1 Å². The Bertz CT molecular complexity index is 1220. The highest BCUT2D eigenvalue weighted by Gasteiger charge is 2.54. The number of ether oxygens (including phenoxy) is 3. The zero-order valence-corrected chi connectivity index (χ0v) is 22.4. The molecule has 0 radical (unpaired) electrons. The van der Waals surface area contributed by atoms with Crippen LogP contribution >= 0.6 is 11.6 Å². The summed E-state index contributed by atoms with van der Waals surface area (Å²) >= 11 is 6.19. The first-order chi connectivity index (χ1) is 18.2. The number of hydrogen-bond acceptors (Lipinski definition) is 6. The van der Waals surface area contributed by atoms with Crippen LogP contribution < -0.4 is 30.4 Å². The third kappa shape index (κ3) is 4.87. The third-order valence-electron chi connectivity index (χ3n) is 8.21. The average molecular weight is 542 g/mol. The van der Waals surface area contributed by atoms with Gasteiger partial charge in [-0.05, 0) is 86.6 Å². The van der Waals surface area contributed by atoms with Crippen molar-refractivity contribution >= 4 is 35.0 Å². The standard InChI is InChI=1S/C28H32ClN3O6/c1-36-22-9-18(10-23(37-2)24(22)38-3)25(33)31-32-26(34)20-11-19(29)4-5-21(20)30-27(35)28-12-15-6-16(13-28)8-17(7-15)14-28/h4-5,9-11,15-17H,6-8,12-14H2,1-3H3,(H,30,35)(H,31,33)(H,32,34). The minimum absolute atomic E-state index is 0.0329. The van der Waals surface area contributed by atoms with Gasteiger partial charge in [0.15, 0.2) is 11.5 Å². The first-order valence-electron chi connectivity index (χ1n) is 12.8. The van der Waals surface area contributed by atoms with E-state index in [1.165, 1.54) is 58.8 Å². The molecule has 4 bridgehead atoms. The molecule has 2 aromatic carbocycles. The topological polar surface area (TPSA) is 115 Å². The van der Waals surface area contributed by atoms with Crippen molar-refractivity contribution < 1.29 is 28.6 Å². The number of carbonyl (C=O) groups is 3. The Labute approximate surface area is 226 Å². The highest BCUT2D eigenvalue weighted by atomic mass is 35.5. The lowest BCUT2D eigenvalue weighted by Gasteiger charge is -2.55. The maximum absolute atomic E-state index is 13.6. The molecule has 4 aliphatic rings. The van der Waals surface area contributed by atoms with Gasteiger partial charge in [-0.1, -0.05) is 11.6 Å². The fourth-order valence-electron chi connectivity index (χ4n) is 6.92. The Morgan fingerprint density at radius 2 is 1.37 bits per heavy atom. The maximum atomic E-state index is 13.6. The number of nitrogens with one attached hydrogen (secondary N) is 3. The van der Waals surface area contributed by atoms with Crippen LogP contribution in [0.3, 0.4) is 0 Å². The second kappa shape index (κ2) is 10.4. The van der Waals surface area contributed by atoms with Gasteiger partial charge < -0.3 is 19.5 Å². The van der Waals surface area contributed by atoms with E-state index in [0.29, 0.717) is 45.7 Å². The maximum Gasteiger partial charge on any atom is 0.271 e. The van der Waals surface area contributed by atoms with E-state index in [1.807, 2.05) is 0 Å². The summed E-state index contributed by atoms with van der Waals surface area (Å²) < 4.78 is 15.9. The van der Waals surface area contributed by atoms with E-state index in [0.717, 1.165) is 19.3 Å². The number of hydrogen-bond donors (Lipinski definition) is 3. The monoisotopic (exact) mass is 541 g/mol. The third-order valence-corrected chi connectivity index (χ3v) is 8.45. The summed E-state index contributed by atoms with van der Waals surface area (Å²) in [6.07, 6.45) is 6.41. The molecule has 0 saturated heterocycles. The predicted octanol–water partition coefficient (Wildman–Crippen LogP) is 4.60. The molecule has 6 rings (SSSR count). The van der Waals surface area contributed by atoms with E-state index in [9.17, 15) is 14.4 Å². The Morgan fingerprint density at radius 1 is 0.816 bits per heavy atom. The molecule has 0 aromatic heterocycles. The lowest BCUT2D eigenvalue weighted by atomic mass is 9.49. The van der Waals surface area contributed by atoms with Crippen molar-refractivity contribution in [1.29, 1.82) is 0 Å². The molecule has 0 aliphatic heterocycles. The molecule has 3 N–H and O–H groups in total. The number of hydrazine groups is 1. The Kier molecular flexibility index (Phi) is 7.13. The number of anilines is 1. The molecule has 0 unspecified atom stereocenters. The van der Waals surface area contributed by atoms with Gasteiger partial charge >= 0.3 is 0 Å². The Balaban J connectivity index is 1.30. The summed E-state index contributed by atoms with van der Waals surface area (Å²) in [5.74, 6) is 1.54. The molecule has 2 aromatic rings. The SMILES string of the molecule is COc1cc(C(=O)NNC(=O)c2cc(Cl)ccc2NC(=O)C23CC4CC(CC(C4)C2)C3)cc(OC)c1OC. The van der Waals surface area contributed by atoms with E-state index in [4.69, 9.17) is 25.8 Å². The first-order valence-corrected chi connectivity index (χ1v) is 13.1. The molecule has 3 amide bonds. The molecule has 0 spiro atoms. The number of carbonyl (C=O) groups excluding carboxylic acids is 3. The first kappa shape index (κ1) is 26.2. The van der Waals surface area contributed by atoms with Crippen molar-refractivity contribution in [3.05, 3.63) is 46.5 Å². The van der Waals surface area contributed by atoms with E-state index in [1.54, 1.807) is 12.1 Å². The van der Waals surface area contributed by atoms with Crippen LogP contribution in [-0.2, 0) is 4.79 Å². The summed E-state index contributed by atoms with van der Waals surface area (Å²) in [7, 11) is 4.35. The van der Waals surface area contributed by atoms with E-state index in [2.05, 4.69) is 16.2 Å². The predicted molar refractivity (Wildman–Crippen MR) is 142 cm³/mol. The summed E-state index contributed by atoms with van der Waals surface area (Å²) in [6, 6.07) is 7.66. The van der Waals surface area contributed by atoms with Gasteiger partial charge in [-0.25, -0.2) is 0 Å². The number of amides is 3. The number of rotatable bonds is 7.